The van der Waals surface area contributed by atoms with Crippen LogP contribution in [0.2, 0.25) is 0 Å². The van der Waals surface area contributed by atoms with Gasteiger partial charge in [0.15, 0.2) is 5.76 Å². The minimum atomic E-state index is -0.306. The Bertz CT molecular complexity index is 1100. The van der Waals surface area contributed by atoms with Gasteiger partial charge in [0, 0.05) is 23.3 Å². The minimum absolute atomic E-state index is 0.118. The molecule has 0 atom stereocenters. The summed E-state index contributed by atoms with van der Waals surface area (Å²) in [5, 5.41) is 0.705. The van der Waals surface area contributed by atoms with E-state index in [9.17, 15) is 4.79 Å². The molecule has 0 bridgehead atoms. The van der Waals surface area contributed by atoms with Gasteiger partial charge in [-0.2, -0.15) is 0 Å². The molecule has 5 nitrogen and oxygen atoms in total. The summed E-state index contributed by atoms with van der Waals surface area (Å²) in [6.07, 6.45) is 3.49. The van der Waals surface area contributed by atoms with E-state index >= 15 is 0 Å². The molecular formula is C21H16N2O3. The van der Waals surface area contributed by atoms with Crippen molar-refractivity contribution in [2.45, 2.75) is 0 Å². The zero-order valence-corrected chi connectivity index (χ0v) is 14.1. The molecule has 0 aliphatic heterocycles. The van der Waals surface area contributed by atoms with Crippen molar-refractivity contribution in [2.24, 2.45) is 0 Å². The number of ether oxygens (including phenoxy) is 1. The molecule has 2 aromatic carbocycles. The van der Waals surface area contributed by atoms with Crippen molar-refractivity contribution in [1.82, 2.24) is 4.98 Å². The highest BCUT2D eigenvalue weighted by Crippen LogP contribution is 2.34. The fraction of sp³-hybridized carbons (Fsp3) is 0.0476. The summed E-state index contributed by atoms with van der Waals surface area (Å²) in [6.45, 7) is 0. The van der Waals surface area contributed by atoms with Gasteiger partial charge in [-0.3, -0.25) is 9.78 Å². The second kappa shape index (κ2) is 6.37. The summed E-state index contributed by atoms with van der Waals surface area (Å²) < 4.78 is 11.1. The molecule has 26 heavy (non-hydrogen) atoms. The van der Waals surface area contributed by atoms with Gasteiger partial charge in [-0.05, 0) is 35.9 Å². The van der Waals surface area contributed by atoms with E-state index in [0.29, 0.717) is 28.0 Å². The first-order valence-corrected chi connectivity index (χ1v) is 8.09. The lowest BCUT2D eigenvalue weighted by molar-refractivity contribution is 0.101. The minimum Gasteiger partial charge on any atom is -0.496 e. The first-order chi connectivity index (χ1) is 12.7. The van der Waals surface area contributed by atoms with E-state index in [2.05, 4.69) is 4.98 Å². The summed E-state index contributed by atoms with van der Waals surface area (Å²) in [4.78, 5) is 17.0. The molecule has 0 aliphatic carbocycles. The summed E-state index contributed by atoms with van der Waals surface area (Å²) >= 11 is 0. The van der Waals surface area contributed by atoms with Gasteiger partial charge < -0.3 is 14.9 Å². The Kier molecular flexibility index (Phi) is 3.89. The molecule has 0 unspecified atom stereocenters. The zero-order valence-electron chi connectivity index (χ0n) is 14.1. The van der Waals surface area contributed by atoms with Crippen molar-refractivity contribution in [2.75, 3.05) is 12.8 Å². The fourth-order valence-corrected chi connectivity index (χ4v) is 2.95. The normalized spacial score (nSPS) is 10.8. The molecule has 4 rings (SSSR count). The third-order valence-corrected chi connectivity index (χ3v) is 4.28. The first-order valence-electron chi connectivity index (χ1n) is 8.09. The van der Waals surface area contributed by atoms with Crippen LogP contribution in [0, 0.1) is 0 Å². The van der Waals surface area contributed by atoms with E-state index in [1.807, 2.05) is 30.3 Å². The predicted octanol–water partition coefficient (Wildman–Crippen LogP) is 4.32. The largest absolute Gasteiger partial charge is 0.496 e. The van der Waals surface area contributed by atoms with Crippen molar-refractivity contribution in [3.63, 3.8) is 0 Å². The van der Waals surface area contributed by atoms with Crippen LogP contribution in [0.3, 0.4) is 0 Å². The van der Waals surface area contributed by atoms with Gasteiger partial charge in [0.1, 0.15) is 11.3 Å². The van der Waals surface area contributed by atoms with Crippen LogP contribution < -0.4 is 10.5 Å². The smallest absolute Gasteiger partial charge is 0.234 e. The summed E-state index contributed by atoms with van der Waals surface area (Å²) in [7, 11) is 1.52. The van der Waals surface area contributed by atoms with E-state index in [-0.39, 0.29) is 11.5 Å². The Balaban J connectivity index is 1.81. The first kappa shape index (κ1) is 15.9. The van der Waals surface area contributed by atoms with Gasteiger partial charge >= 0.3 is 0 Å². The average Bonchev–Trinajstić information content (AvgIpc) is 3.04. The molecule has 0 amide bonds. The summed E-state index contributed by atoms with van der Waals surface area (Å²) in [6, 6.07) is 16.5. The third kappa shape index (κ3) is 2.59. The number of pyridine rings is 1. The monoisotopic (exact) mass is 344 g/mol. The number of para-hydroxylation sites is 1. The van der Waals surface area contributed by atoms with Crippen LogP contribution in [-0.2, 0) is 0 Å². The fourth-order valence-electron chi connectivity index (χ4n) is 2.95. The van der Waals surface area contributed by atoms with Crippen molar-refractivity contribution in [3.05, 3.63) is 78.3 Å². The number of hydrogen-bond donors (Lipinski definition) is 1. The maximum atomic E-state index is 12.9. The van der Waals surface area contributed by atoms with Gasteiger partial charge in [-0.15, -0.1) is 0 Å². The second-order valence-electron chi connectivity index (χ2n) is 5.83. The van der Waals surface area contributed by atoms with Crippen molar-refractivity contribution < 1.29 is 13.9 Å². The van der Waals surface area contributed by atoms with E-state index in [1.54, 1.807) is 36.7 Å². The highest BCUT2D eigenvalue weighted by atomic mass is 16.5. The number of nitrogen functional groups attached to an aromatic ring is 1. The number of fused-ring (bicyclic) bond motifs is 1. The topological polar surface area (TPSA) is 78.3 Å². The number of carbonyl (C=O) groups excluding carboxylic acids is 1. The number of anilines is 1. The molecule has 2 heterocycles. The SMILES string of the molecule is COc1ccccc1C(=O)c1oc2cc(-c3cccnc3)ccc2c1N. The zero-order chi connectivity index (χ0) is 18.1. The van der Waals surface area contributed by atoms with Gasteiger partial charge in [-0.25, -0.2) is 0 Å². The highest BCUT2D eigenvalue weighted by molar-refractivity contribution is 6.15. The Labute approximate surface area is 150 Å². The quantitative estimate of drug-likeness (QED) is 0.558. The molecule has 0 fully saturated rings. The number of methoxy groups -OCH3 is 1. The van der Waals surface area contributed by atoms with E-state index in [0.717, 1.165) is 11.1 Å². The van der Waals surface area contributed by atoms with E-state index in [1.165, 1.54) is 7.11 Å². The Morgan fingerprint density at radius 2 is 1.92 bits per heavy atom. The highest BCUT2D eigenvalue weighted by Gasteiger charge is 2.22. The molecule has 0 saturated carbocycles. The van der Waals surface area contributed by atoms with Gasteiger partial charge in [0.2, 0.25) is 5.78 Å². The van der Waals surface area contributed by atoms with Gasteiger partial charge in [0.05, 0.1) is 18.4 Å². The maximum Gasteiger partial charge on any atom is 0.234 e. The summed E-state index contributed by atoms with van der Waals surface area (Å²) in [5.74, 6) is 0.292. The third-order valence-electron chi connectivity index (χ3n) is 4.28. The Hall–Kier alpha value is -3.60. The number of carbonyl (C=O) groups is 1. The predicted molar refractivity (Wildman–Crippen MR) is 100 cm³/mol. The maximum absolute atomic E-state index is 12.9. The van der Waals surface area contributed by atoms with Crippen LogP contribution in [-0.4, -0.2) is 17.9 Å². The molecule has 5 heteroatoms. The molecule has 0 aliphatic rings. The standard InChI is InChI=1S/C21H16N2O3/c1-25-17-7-3-2-6-16(17)20(24)21-19(22)15-9-8-13(11-18(15)26-21)14-5-4-10-23-12-14/h2-12H,22H2,1H3. The molecule has 0 saturated heterocycles. The van der Waals surface area contributed by atoms with Gasteiger partial charge in [-0.1, -0.05) is 24.3 Å². The Morgan fingerprint density at radius 1 is 1.08 bits per heavy atom. The van der Waals surface area contributed by atoms with Crippen LogP contribution in [0.4, 0.5) is 5.69 Å². The van der Waals surface area contributed by atoms with Gasteiger partial charge in [0.25, 0.3) is 0 Å². The van der Waals surface area contributed by atoms with Crippen LogP contribution in [0.15, 0.2) is 71.4 Å². The number of ketones is 1. The number of hydrogen-bond acceptors (Lipinski definition) is 5. The lowest BCUT2D eigenvalue weighted by atomic mass is 10.0. The molecule has 4 aromatic rings. The average molecular weight is 344 g/mol. The van der Waals surface area contributed by atoms with Crippen LogP contribution in [0.1, 0.15) is 16.1 Å². The number of aromatic nitrogens is 1. The number of nitrogens with two attached hydrogens (primary N) is 1. The van der Waals surface area contributed by atoms with Crippen molar-refractivity contribution >= 4 is 22.4 Å². The van der Waals surface area contributed by atoms with E-state index in [4.69, 9.17) is 14.9 Å². The number of rotatable bonds is 4. The molecular weight excluding hydrogens is 328 g/mol. The van der Waals surface area contributed by atoms with E-state index < -0.39 is 0 Å². The second-order valence-corrected chi connectivity index (χ2v) is 5.83. The van der Waals surface area contributed by atoms with Crippen molar-refractivity contribution in [1.29, 1.82) is 0 Å². The molecule has 0 spiro atoms. The lowest BCUT2D eigenvalue weighted by Gasteiger charge is -2.05. The lowest BCUT2D eigenvalue weighted by Crippen LogP contribution is -2.05. The molecule has 0 radical (unpaired) electrons. The Morgan fingerprint density at radius 3 is 2.69 bits per heavy atom. The summed E-state index contributed by atoms with van der Waals surface area (Å²) in [5.41, 5.74) is 9.39. The number of nitrogens with zero attached hydrogens (tertiary/aromatic N) is 1. The molecule has 128 valence electrons. The van der Waals surface area contributed by atoms with Crippen LogP contribution in [0.5, 0.6) is 5.75 Å². The number of benzene rings is 2. The molecule has 2 aromatic heterocycles. The van der Waals surface area contributed by atoms with Crippen molar-refractivity contribution in [3.8, 4) is 16.9 Å². The number of furan rings is 1. The molecule has 2 N–H and O–H groups in total. The van der Waals surface area contributed by atoms with Crippen LogP contribution >= 0.6 is 0 Å². The van der Waals surface area contributed by atoms with Crippen LogP contribution in [0.25, 0.3) is 22.1 Å².